The molecule has 5 heteroatoms. The van der Waals surface area contributed by atoms with Gasteiger partial charge in [-0.3, -0.25) is 4.90 Å². The van der Waals surface area contributed by atoms with Gasteiger partial charge in [0.15, 0.2) is 5.82 Å². The Balaban J connectivity index is 1.96. The molecule has 1 aromatic heterocycles. The van der Waals surface area contributed by atoms with E-state index >= 15 is 0 Å². The van der Waals surface area contributed by atoms with Crippen LogP contribution in [0.2, 0.25) is 5.02 Å². The number of rotatable bonds is 4. The minimum Gasteiger partial charge on any atom is -0.338 e. The van der Waals surface area contributed by atoms with Crippen LogP contribution in [-0.2, 0) is 18.5 Å². The number of nitrogens with zero attached hydrogens (tertiary/aromatic N) is 3. The highest BCUT2D eigenvalue weighted by molar-refractivity contribution is 6.30. The zero-order valence-corrected chi connectivity index (χ0v) is 13.1. The number of benzene rings is 1. The third-order valence-corrected chi connectivity index (χ3v) is 3.16. The minimum atomic E-state index is -0.0868. The van der Waals surface area contributed by atoms with E-state index < -0.39 is 0 Å². The molecular weight excluding hydrogens is 274 g/mol. The molecule has 108 valence electrons. The van der Waals surface area contributed by atoms with Crippen LogP contribution in [0.15, 0.2) is 28.8 Å². The molecule has 1 heterocycles. The Bertz CT molecular complexity index is 557. The molecule has 2 rings (SSSR count). The van der Waals surface area contributed by atoms with Crippen LogP contribution in [0.25, 0.3) is 0 Å². The van der Waals surface area contributed by atoms with Crippen molar-refractivity contribution in [2.75, 3.05) is 7.05 Å². The van der Waals surface area contributed by atoms with Gasteiger partial charge in [0, 0.05) is 17.0 Å². The maximum atomic E-state index is 5.88. The van der Waals surface area contributed by atoms with Gasteiger partial charge in [-0.25, -0.2) is 0 Å². The number of hydrogen-bond donors (Lipinski definition) is 0. The average molecular weight is 294 g/mol. The summed E-state index contributed by atoms with van der Waals surface area (Å²) in [5, 5.41) is 4.78. The monoisotopic (exact) mass is 293 g/mol. The Morgan fingerprint density at radius 1 is 1.15 bits per heavy atom. The van der Waals surface area contributed by atoms with Crippen LogP contribution in [0.4, 0.5) is 0 Å². The summed E-state index contributed by atoms with van der Waals surface area (Å²) < 4.78 is 5.29. The molecule has 20 heavy (non-hydrogen) atoms. The quantitative estimate of drug-likeness (QED) is 0.863. The molecule has 0 bridgehead atoms. The van der Waals surface area contributed by atoms with E-state index in [0.717, 1.165) is 17.4 Å². The van der Waals surface area contributed by atoms with E-state index in [4.69, 9.17) is 16.1 Å². The summed E-state index contributed by atoms with van der Waals surface area (Å²) in [6.07, 6.45) is 0. The third-order valence-electron chi connectivity index (χ3n) is 2.91. The van der Waals surface area contributed by atoms with Crippen LogP contribution in [0.5, 0.6) is 0 Å². The van der Waals surface area contributed by atoms with Gasteiger partial charge in [0.05, 0.1) is 6.54 Å². The van der Waals surface area contributed by atoms with E-state index in [1.165, 1.54) is 5.56 Å². The second-order valence-electron chi connectivity index (χ2n) is 6.06. The fourth-order valence-electron chi connectivity index (χ4n) is 1.81. The van der Waals surface area contributed by atoms with Crippen molar-refractivity contribution in [1.82, 2.24) is 15.0 Å². The highest BCUT2D eigenvalue weighted by Gasteiger charge is 2.21. The highest BCUT2D eigenvalue weighted by atomic mass is 35.5. The van der Waals surface area contributed by atoms with Crippen molar-refractivity contribution < 1.29 is 4.52 Å². The average Bonchev–Trinajstić information content (AvgIpc) is 2.80. The van der Waals surface area contributed by atoms with Gasteiger partial charge in [-0.05, 0) is 24.7 Å². The van der Waals surface area contributed by atoms with Gasteiger partial charge in [0.25, 0.3) is 0 Å². The molecule has 0 saturated heterocycles. The molecule has 0 unspecified atom stereocenters. The smallest absolute Gasteiger partial charge is 0.240 e. The van der Waals surface area contributed by atoms with Gasteiger partial charge in [-0.1, -0.05) is 49.7 Å². The van der Waals surface area contributed by atoms with Crippen LogP contribution >= 0.6 is 11.6 Å². The molecule has 0 amide bonds. The number of hydrogen-bond acceptors (Lipinski definition) is 4. The molecular formula is C15H20ClN3O. The Hall–Kier alpha value is -1.39. The maximum absolute atomic E-state index is 5.88. The van der Waals surface area contributed by atoms with E-state index in [-0.39, 0.29) is 5.41 Å². The molecule has 1 aromatic carbocycles. The molecule has 0 aliphatic rings. The molecule has 0 atom stereocenters. The zero-order valence-electron chi connectivity index (χ0n) is 12.4. The Morgan fingerprint density at radius 2 is 1.80 bits per heavy atom. The summed E-state index contributed by atoms with van der Waals surface area (Å²) in [6, 6.07) is 7.84. The van der Waals surface area contributed by atoms with E-state index in [9.17, 15) is 0 Å². The first-order chi connectivity index (χ1) is 9.34. The van der Waals surface area contributed by atoms with Crippen molar-refractivity contribution in [1.29, 1.82) is 0 Å². The summed E-state index contributed by atoms with van der Waals surface area (Å²) in [5.74, 6) is 1.39. The van der Waals surface area contributed by atoms with Crippen LogP contribution in [-0.4, -0.2) is 22.1 Å². The Kier molecular flexibility index (Phi) is 4.45. The Labute approximate surface area is 124 Å². The second-order valence-corrected chi connectivity index (χ2v) is 6.50. The topological polar surface area (TPSA) is 42.2 Å². The van der Waals surface area contributed by atoms with E-state index in [1.807, 2.05) is 31.3 Å². The molecule has 0 N–H and O–H groups in total. The molecule has 0 aliphatic carbocycles. The lowest BCUT2D eigenvalue weighted by Gasteiger charge is -2.14. The summed E-state index contributed by atoms with van der Waals surface area (Å²) in [4.78, 5) is 6.56. The second kappa shape index (κ2) is 5.94. The summed E-state index contributed by atoms with van der Waals surface area (Å²) in [7, 11) is 2.02. The van der Waals surface area contributed by atoms with Crippen molar-refractivity contribution in [3.05, 3.63) is 46.6 Å². The van der Waals surface area contributed by atoms with Gasteiger partial charge in [-0.15, -0.1) is 0 Å². The standard InChI is InChI=1S/C15H20ClN3O/c1-15(2,3)14-17-13(20-18-14)10-19(4)9-11-5-7-12(16)8-6-11/h5-8H,9-10H2,1-4H3. The van der Waals surface area contributed by atoms with Crippen molar-refractivity contribution in [3.8, 4) is 0 Å². The lowest BCUT2D eigenvalue weighted by Crippen LogP contribution is -2.18. The molecule has 0 aliphatic heterocycles. The Morgan fingerprint density at radius 3 is 2.35 bits per heavy atom. The summed E-state index contributed by atoms with van der Waals surface area (Å²) in [6.45, 7) is 7.65. The lowest BCUT2D eigenvalue weighted by molar-refractivity contribution is 0.259. The number of halogens is 1. The van der Waals surface area contributed by atoms with E-state index in [1.54, 1.807) is 0 Å². The molecule has 0 fully saturated rings. The normalized spacial score (nSPS) is 12.1. The van der Waals surface area contributed by atoms with Gasteiger partial charge in [0.1, 0.15) is 0 Å². The van der Waals surface area contributed by atoms with Crippen LogP contribution < -0.4 is 0 Å². The summed E-state index contributed by atoms with van der Waals surface area (Å²) in [5.41, 5.74) is 1.11. The first kappa shape index (κ1) is 15.0. The van der Waals surface area contributed by atoms with Crippen LogP contribution in [0.3, 0.4) is 0 Å². The predicted molar refractivity (Wildman–Crippen MR) is 79.6 cm³/mol. The minimum absolute atomic E-state index is 0.0868. The van der Waals surface area contributed by atoms with Gasteiger partial charge in [-0.2, -0.15) is 4.98 Å². The van der Waals surface area contributed by atoms with E-state index in [2.05, 4.69) is 35.8 Å². The van der Waals surface area contributed by atoms with Crippen molar-refractivity contribution in [2.45, 2.75) is 39.3 Å². The van der Waals surface area contributed by atoms with Crippen molar-refractivity contribution in [2.24, 2.45) is 0 Å². The molecule has 0 saturated carbocycles. The summed E-state index contributed by atoms with van der Waals surface area (Å²) >= 11 is 5.88. The van der Waals surface area contributed by atoms with Crippen LogP contribution in [0.1, 0.15) is 38.0 Å². The van der Waals surface area contributed by atoms with Gasteiger partial charge >= 0.3 is 0 Å². The fraction of sp³-hybridized carbons (Fsp3) is 0.467. The molecule has 0 spiro atoms. The molecule has 4 nitrogen and oxygen atoms in total. The highest BCUT2D eigenvalue weighted by Crippen LogP contribution is 2.19. The zero-order chi connectivity index (χ0) is 14.8. The SMILES string of the molecule is CN(Cc1ccc(Cl)cc1)Cc1nc(C(C)(C)C)no1. The van der Waals surface area contributed by atoms with Crippen molar-refractivity contribution in [3.63, 3.8) is 0 Å². The first-order valence-corrected chi connectivity index (χ1v) is 6.98. The first-order valence-electron chi connectivity index (χ1n) is 6.60. The lowest BCUT2D eigenvalue weighted by atomic mass is 9.96. The maximum Gasteiger partial charge on any atom is 0.240 e. The number of aromatic nitrogens is 2. The predicted octanol–water partition coefficient (Wildman–Crippen LogP) is 3.65. The van der Waals surface area contributed by atoms with Gasteiger partial charge < -0.3 is 4.52 Å². The molecule has 0 radical (unpaired) electrons. The largest absolute Gasteiger partial charge is 0.338 e. The van der Waals surface area contributed by atoms with E-state index in [0.29, 0.717) is 12.4 Å². The fourth-order valence-corrected chi connectivity index (χ4v) is 1.94. The van der Waals surface area contributed by atoms with Crippen molar-refractivity contribution >= 4 is 11.6 Å². The third kappa shape index (κ3) is 4.05. The van der Waals surface area contributed by atoms with Crippen LogP contribution in [0, 0.1) is 0 Å². The molecule has 2 aromatic rings. The van der Waals surface area contributed by atoms with Gasteiger partial charge in [0.2, 0.25) is 5.89 Å².